The van der Waals surface area contributed by atoms with Gasteiger partial charge < -0.3 is 4.90 Å². The van der Waals surface area contributed by atoms with Crippen LogP contribution in [0.3, 0.4) is 0 Å². The highest BCUT2D eigenvalue weighted by molar-refractivity contribution is 7.21. The Morgan fingerprint density at radius 1 is 0.826 bits per heavy atom. The smallest absolute Gasteiger partial charge is 0.269 e. The summed E-state index contributed by atoms with van der Waals surface area (Å²) in [6.07, 6.45) is 0. The molecule has 0 fully saturated rings. The van der Waals surface area contributed by atoms with Gasteiger partial charge in [0.05, 0.1) is 5.56 Å². The SMILES string of the molecule is Cc1c(C)c(C)c2c(sc(-c3ccc(N(C)C)cc3)[n+]2C)c1C. The van der Waals surface area contributed by atoms with E-state index in [1.165, 1.54) is 48.7 Å². The fourth-order valence-corrected chi connectivity index (χ4v) is 4.58. The molecule has 3 rings (SSSR count). The number of aryl methyl sites for hydroxylation is 3. The van der Waals surface area contributed by atoms with Crippen molar-refractivity contribution in [3.05, 3.63) is 46.5 Å². The Bertz CT molecular complexity index is 887. The van der Waals surface area contributed by atoms with Gasteiger partial charge in [0, 0.05) is 25.3 Å². The summed E-state index contributed by atoms with van der Waals surface area (Å²) in [5, 5.41) is 1.32. The molecule has 3 aromatic rings. The Hall–Kier alpha value is -1.87. The Morgan fingerprint density at radius 3 is 1.96 bits per heavy atom. The molecule has 0 radical (unpaired) electrons. The summed E-state index contributed by atoms with van der Waals surface area (Å²) in [6.45, 7) is 8.97. The van der Waals surface area contributed by atoms with Crippen molar-refractivity contribution in [2.75, 3.05) is 19.0 Å². The molecule has 0 spiro atoms. The maximum absolute atomic E-state index is 2.36. The van der Waals surface area contributed by atoms with Crippen LogP contribution >= 0.6 is 11.3 Å². The summed E-state index contributed by atoms with van der Waals surface area (Å²) in [7, 11) is 6.34. The van der Waals surface area contributed by atoms with Gasteiger partial charge in [0.25, 0.3) is 5.01 Å². The van der Waals surface area contributed by atoms with Gasteiger partial charge in [-0.25, -0.2) is 0 Å². The van der Waals surface area contributed by atoms with Crippen molar-refractivity contribution in [2.45, 2.75) is 27.7 Å². The minimum absolute atomic E-state index is 1.23. The van der Waals surface area contributed by atoms with Crippen molar-refractivity contribution < 1.29 is 4.57 Å². The first-order valence-electron chi connectivity index (χ1n) is 7.99. The van der Waals surface area contributed by atoms with E-state index in [-0.39, 0.29) is 0 Å². The van der Waals surface area contributed by atoms with Gasteiger partial charge in [0.2, 0.25) is 5.52 Å². The second-order valence-electron chi connectivity index (χ2n) is 6.59. The number of nitrogens with zero attached hydrogens (tertiary/aromatic N) is 2. The van der Waals surface area contributed by atoms with Gasteiger partial charge in [0.1, 0.15) is 11.7 Å². The quantitative estimate of drug-likeness (QED) is 0.620. The highest BCUT2D eigenvalue weighted by Gasteiger charge is 2.24. The third-order valence-corrected chi connectivity index (χ3v) is 6.47. The van der Waals surface area contributed by atoms with E-state index in [0.29, 0.717) is 0 Å². The average Bonchev–Trinajstić information content (AvgIpc) is 2.88. The van der Waals surface area contributed by atoms with E-state index in [1.54, 1.807) is 0 Å². The summed E-state index contributed by atoms with van der Waals surface area (Å²) in [6, 6.07) is 8.83. The number of benzene rings is 2. The normalized spacial score (nSPS) is 11.3. The molecule has 0 bridgehead atoms. The topological polar surface area (TPSA) is 7.12 Å². The lowest BCUT2D eigenvalue weighted by Gasteiger charge is -2.11. The van der Waals surface area contributed by atoms with Crippen molar-refractivity contribution >= 4 is 27.2 Å². The third kappa shape index (κ3) is 2.43. The summed E-state index contributed by atoms with van der Waals surface area (Å²) < 4.78 is 3.78. The van der Waals surface area contributed by atoms with E-state index >= 15 is 0 Å². The number of thiazole rings is 1. The second-order valence-corrected chi connectivity index (χ2v) is 7.58. The lowest BCUT2D eigenvalue weighted by Crippen LogP contribution is -2.29. The Kier molecular flexibility index (Phi) is 3.93. The predicted octanol–water partition coefficient (Wildman–Crippen LogP) is 4.69. The molecule has 3 heteroatoms. The van der Waals surface area contributed by atoms with E-state index in [1.807, 2.05) is 11.3 Å². The molecule has 120 valence electrons. The molecule has 0 aliphatic carbocycles. The third-order valence-electron chi connectivity index (χ3n) is 5.07. The van der Waals surface area contributed by atoms with Crippen molar-refractivity contribution in [2.24, 2.45) is 7.05 Å². The van der Waals surface area contributed by atoms with E-state index in [9.17, 15) is 0 Å². The lowest BCUT2D eigenvalue weighted by atomic mass is 9.98. The minimum Gasteiger partial charge on any atom is -0.378 e. The van der Waals surface area contributed by atoms with E-state index in [2.05, 4.69) is 82.6 Å². The van der Waals surface area contributed by atoms with Crippen LogP contribution in [-0.4, -0.2) is 14.1 Å². The van der Waals surface area contributed by atoms with E-state index in [4.69, 9.17) is 0 Å². The number of hydrogen-bond donors (Lipinski definition) is 0. The zero-order valence-corrected chi connectivity index (χ0v) is 15.9. The van der Waals surface area contributed by atoms with Crippen molar-refractivity contribution in [1.29, 1.82) is 0 Å². The van der Waals surface area contributed by atoms with Crippen LogP contribution < -0.4 is 9.47 Å². The largest absolute Gasteiger partial charge is 0.378 e. The Balaban J connectivity index is 2.25. The zero-order chi connectivity index (χ0) is 16.9. The first-order valence-corrected chi connectivity index (χ1v) is 8.81. The van der Waals surface area contributed by atoms with Crippen LogP contribution in [0.25, 0.3) is 20.8 Å². The highest BCUT2D eigenvalue weighted by Crippen LogP contribution is 2.35. The van der Waals surface area contributed by atoms with Crippen LogP contribution in [0.5, 0.6) is 0 Å². The van der Waals surface area contributed by atoms with Crippen LogP contribution in [0.4, 0.5) is 5.69 Å². The maximum atomic E-state index is 2.36. The van der Waals surface area contributed by atoms with Crippen molar-refractivity contribution in [1.82, 2.24) is 0 Å². The summed E-state index contributed by atoms with van der Waals surface area (Å²) in [5.41, 5.74) is 9.55. The van der Waals surface area contributed by atoms with Crippen molar-refractivity contribution in [3.63, 3.8) is 0 Å². The summed E-state index contributed by atoms with van der Waals surface area (Å²) in [5.74, 6) is 0. The molecule has 1 aromatic heterocycles. The fourth-order valence-electron chi connectivity index (χ4n) is 3.21. The van der Waals surface area contributed by atoms with Crippen LogP contribution in [-0.2, 0) is 7.05 Å². The Labute approximate surface area is 143 Å². The zero-order valence-electron chi connectivity index (χ0n) is 15.1. The standard InChI is InChI=1S/C20H25N2S/c1-12-13(2)15(4)19-18(14(12)3)22(7)20(23-19)16-8-10-17(11-9-16)21(5)6/h8-11H,1-7H3/q+1. The van der Waals surface area contributed by atoms with Gasteiger partial charge in [-0.05, 0) is 68.7 Å². The van der Waals surface area contributed by atoms with Crippen LogP contribution in [0, 0.1) is 27.7 Å². The predicted molar refractivity (Wildman–Crippen MR) is 102 cm³/mol. The number of fused-ring (bicyclic) bond motifs is 1. The summed E-state index contributed by atoms with van der Waals surface area (Å²) >= 11 is 1.90. The molecular formula is C20H25N2S+. The molecule has 0 amide bonds. The monoisotopic (exact) mass is 325 g/mol. The minimum atomic E-state index is 1.23. The van der Waals surface area contributed by atoms with Crippen LogP contribution in [0.15, 0.2) is 24.3 Å². The van der Waals surface area contributed by atoms with Crippen LogP contribution in [0.2, 0.25) is 0 Å². The molecule has 0 aliphatic rings. The van der Waals surface area contributed by atoms with E-state index in [0.717, 1.165) is 0 Å². The van der Waals surface area contributed by atoms with Gasteiger partial charge in [-0.3, -0.25) is 0 Å². The molecule has 0 unspecified atom stereocenters. The lowest BCUT2D eigenvalue weighted by molar-refractivity contribution is -0.629. The molecule has 23 heavy (non-hydrogen) atoms. The molecule has 0 saturated carbocycles. The van der Waals surface area contributed by atoms with Gasteiger partial charge >= 0.3 is 0 Å². The average molecular weight is 326 g/mol. The first-order chi connectivity index (χ1) is 10.8. The fraction of sp³-hybridized carbons (Fsp3) is 0.350. The molecule has 0 saturated heterocycles. The van der Waals surface area contributed by atoms with Gasteiger partial charge in [-0.2, -0.15) is 4.57 Å². The van der Waals surface area contributed by atoms with Gasteiger partial charge in [-0.15, -0.1) is 0 Å². The van der Waals surface area contributed by atoms with E-state index < -0.39 is 0 Å². The molecule has 0 atom stereocenters. The molecule has 2 nitrogen and oxygen atoms in total. The van der Waals surface area contributed by atoms with Gasteiger partial charge in [0.15, 0.2) is 0 Å². The summed E-state index contributed by atoms with van der Waals surface area (Å²) in [4.78, 5) is 2.13. The second kappa shape index (κ2) is 5.64. The number of anilines is 1. The van der Waals surface area contributed by atoms with Crippen LogP contribution in [0.1, 0.15) is 22.3 Å². The molecule has 2 aromatic carbocycles. The number of aromatic nitrogens is 1. The first kappa shape index (κ1) is 16.0. The maximum Gasteiger partial charge on any atom is 0.269 e. The molecule has 0 N–H and O–H groups in total. The molecule has 0 aliphatic heterocycles. The van der Waals surface area contributed by atoms with Gasteiger partial charge in [-0.1, -0.05) is 11.3 Å². The Morgan fingerprint density at radius 2 is 1.39 bits per heavy atom. The number of rotatable bonds is 2. The highest BCUT2D eigenvalue weighted by atomic mass is 32.1. The van der Waals surface area contributed by atoms with Crippen molar-refractivity contribution in [3.8, 4) is 10.6 Å². The molecule has 1 heterocycles. The number of hydrogen-bond acceptors (Lipinski definition) is 2. The molecular weight excluding hydrogens is 300 g/mol.